The normalized spacial score (nSPS) is 10.3. The molecular weight excluding hydrogens is 212 g/mol. The Morgan fingerprint density at radius 3 is 2.73 bits per heavy atom. The van der Waals surface area contributed by atoms with Crippen LogP contribution in [0.15, 0.2) is 30.5 Å². The molecule has 0 fully saturated rings. The van der Waals surface area contributed by atoms with Crippen LogP contribution in [0.25, 0.3) is 5.69 Å². The molecule has 0 saturated carbocycles. The van der Waals surface area contributed by atoms with Crippen molar-refractivity contribution in [1.82, 2.24) is 9.78 Å². The van der Waals surface area contributed by atoms with Gasteiger partial charge in [-0.25, -0.2) is 4.68 Å². The van der Waals surface area contributed by atoms with E-state index in [2.05, 4.69) is 5.10 Å². The van der Waals surface area contributed by atoms with Gasteiger partial charge in [0.1, 0.15) is 0 Å². The van der Waals surface area contributed by atoms with E-state index in [0.717, 1.165) is 11.3 Å². The lowest BCUT2D eigenvalue weighted by molar-refractivity contribution is 0.394. The summed E-state index contributed by atoms with van der Waals surface area (Å²) in [5, 5.41) is 4.88. The minimum Gasteiger partial charge on any atom is -0.480 e. The van der Waals surface area contributed by atoms with Crippen LogP contribution in [0, 0.1) is 6.92 Å². The molecule has 4 heteroatoms. The first-order valence-corrected chi connectivity index (χ1v) is 4.94. The van der Waals surface area contributed by atoms with E-state index in [-0.39, 0.29) is 0 Å². The van der Waals surface area contributed by atoms with E-state index in [1.807, 2.05) is 31.3 Å². The van der Waals surface area contributed by atoms with Crippen molar-refractivity contribution in [3.63, 3.8) is 0 Å². The predicted molar refractivity (Wildman–Crippen MR) is 59.9 cm³/mol. The second-order valence-electron chi connectivity index (χ2n) is 3.26. The number of halogens is 1. The molecule has 2 rings (SSSR count). The molecule has 0 saturated heterocycles. The molecular formula is C11H11ClN2O. The van der Waals surface area contributed by atoms with Crippen LogP contribution in [0.1, 0.15) is 5.56 Å². The smallest absolute Gasteiger partial charge is 0.232 e. The minimum atomic E-state index is 0.576. The molecule has 0 radical (unpaired) electrons. The third-order valence-electron chi connectivity index (χ3n) is 2.12. The fourth-order valence-corrected chi connectivity index (χ4v) is 1.67. The van der Waals surface area contributed by atoms with Crippen molar-refractivity contribution >= 4 is 11.6 Å². The zero-order valence-corrected chi connectivity index (χ0v) is 9.32. The number of hydrogen-bond donors (Lipinski definition) is 0. The number of nitrogens with zero attached hydrogens (tertiary/aromatic N) is 2. The molecule has 78 valence electrons. The number of methoxy groups -OCH3 is 1. The van der Waals surface area contributed by atoms with Crippen molar-refractivity contribution < 1.29 is 4.74 Å². The van der Waals surface area contributed by atoms with E-state index in [4.69, 9.17) is 16.3 Å². The molecule has 0 spiro atoms. The molecule has 1 aromatic heterocycles. The largest absolute Gasteiger partial charge is 0.480 e. The van der Waals surface area contributed by atoms with Crippen LogP contribution in [0.3, 0.4) is 0 Å². The van der Waals surface area contributed by atoms with Crippen molar-refractivity contribution in [3.05, 3.63) is 41.0 Å². The summed E-state index contributed by atoms with van der Waals surface area (Å²) < 4.78 is 6.70. The zero-order valence-electron chi connectivity index (χ0n) is 8.57. The summed E-state index contributed by atoms with van der Waals surface area (Å²) in [7, 11) is 1.59. The van der Waals surface area contributed by atoms with E-state index in [1.54, 1.807) is 17.9 Å². The number of aromatic nitrogens is 2. The lowest BCUT2D eigenvalue weighted by Crippen LogP contribution is -1.96. The van der Waals surface area contributed by atoms with Crippen LogP contribution >= 0.6 is 11.6 Å². The third-order valence-corrected chi connectivity index (χ3v) is 2.43. The van der Waals surface area contributed by atoms with Gasteiger partial charge in [-0.1, -0.05) is 17.7 Å². The van der Waals surface area contributed by atoms with Crippen LogP contribution in [0.5, 0.6) is 5.88 Å². The highest BCUT2D eigenvalue weighted by atomic mass is 35.5. The van der Waals surface area contributed by atoms with Crippen LogP contribution in [0.4, 0.5) is 0 Å². The van der Waals surface area contributed by atoms with Crippen molar-refractivity contribution in [2.24, 2.45) is 0 Å². The average Bonchev–Trinajstić information content (AvgIpc) is 2.66. The Morgan fingerprint density at radius 1 is 1.33 bits per heavy atom. The molecule has 2 aromatic rings. The standard InChI is InChI=1S/C11H11ClN2O/c1-8-3-4-10(9(12)7-8)14-6-5-11(13-14)15-2/h3-7H,1-2H3. The highest BCUT2D eigenvalue weighted by molar-refractivity contribution is 6.32. The molecule has 0 atom stereocenters. The molecule has 0 aliphatic rings. The summed E-state index contributed by atoms with van der Waals surface area (Å²) in [6, 6.07) is 7.63. The Hall–Kier alpha value is -1.48. The Morgan fingerprint density at radius 2 is 2.13 bits per heavy atom. The number of benzene rings is 1. The Bertz CT molecular complexity index is 479. The molecule has 0 amide bonds. The summed E-state index contributed by atoms with van der Waals surface area (Å²) in [5.41, 5.74) is 1.98. The molecule has 0 aliphatic heterocycles. The fraction of sp³-hybridized carbons (Fsp3) is 0.182. The lowest BCUT2D eigenvalue weighted by Gasteiger charge is -2.04. The Kier molecular flexibility index (Phi) is 2.64. The van der Waals surface area contributed by atoms with Gasteiger partial charge in [-0.15, -0.1) is 5.10 Å². The highest BCUT2D eigenvalue weighted by Crippen LogP contribution is 2.22. The first kappa shape index (κ1) is 10.1. The highest BCUT2D eigenvalue weighted by Gasteiger charge is 2.05. The molecule has 0 bridgehead atoms. The molecule has 3 nitrogen and oxygen atoms in total. The quantitative estimate of drug-likeness (QED) is 0.781. The van der Waals surface area contributed by atoms with Gasteiger partial charge in [-0.2, -0.15) is 0 Å². The first-order chi connectivity index (χ1) is 7.20. The van der Waals surface area contributed by atoms with Crippen molar-refractivity contribution in [2.75, 3.05) is 7.11 Å². The van der Waals surface area contributed by atoms with Gasteiger partial charge in [-0.05, 0) is 24.6 Å². The maximum absolute atomic E-state index is 6.11. The maximum Gasteiger partial charge on any atom is 0.232 e. The van der Waals surface area contributed by atoms with E-state index >= 15 is 0 Å². The van der Waals surface area contributed by atoms with E-state index in [1.165, 1.54) is 0 Å². The Labute approximate surface area is 93.2 Å². The third kappa shape index (κ3) is 1.97. The monoisotopic (exact) mass is 222 g/mol. The molecule has 0 N–H and O–H groups in total. The van der Waals surface area contributed by atoms with E-state index in [0.29, 0.717) is 10.9 Å². The number of hydrogen-bond acceptors (Lipinski definition) is 2. The van der Waals surface area contributed by atoms with Crippen LogP contribution in [0.2, 0.25) is 5.02 Å². The van der Waals surface area contributed by atoms with Gasteiger partial charge in [0.2, 0.25) is 5.88 Å². The van der Waals surface area contributed by atoms with Crippen molar-refractivity contribution in [2.45, 2.75) is 6.92 Å². The first-order valence-electron chi connectivity index (χ1n) is 4.57. The molecule has 0 unspecified atom stereocenters. The van der Waals surface area contributed by atoms with Gasteiger partial charge in [0.15, 0.2) is 0 Å². The molecule has 15 heavy (non-hydrogen) atoms. The van der Waals surface area contributed by atoms with Crippen LogP contribution in [-0.2, 0) is 0 Å². The van der Waals surface area contributed by atoms with Gasteiger partial charge in [0.25, 0.3) is 0 Å². The van der Waals surface area contributed by atoms with Gasteiger partial charge in [-0.3, -0.25) is 0 Å². The molecule has 1 aromatic carbocycles. The number of ether oxygens (including phenoxy) is 1. The number of rotatable bonds is 2. The molecule has 1 heterocycles. The second kappa shape index (κ2) is 3.95. The minimum absolute atomic E-state index is 0.576. The SMILES string of the molecule is COc1ccn(-c2ccc(C)cc2Cl)n1. The summed E-state index contributed by atoms with van der Waals surface area (Å²) in [5.74, 6) is 0.576. The summed E-state index contributed by atoms with van der Waals surface area (Å²) >= 11 is 6.11. The van der Waals surface area contributed by atoms with Gasteiger partial charge >= 0.3 is 0 Å². The zero-order chi connectivity index (χ0) is 10.8. The van der Waals surface area contributed by atoms with Gasteiger partial charge < -0.3 is 4.74 Å². The topological polar surface area (TPSA) is 27.1 Å². The summed E-state index contributed by atoms with van der Waals surface area (Å²) in [6.07, 6.45) is 1.81. The Balaban J connectivity index is 2.44. The summed E-state index contributed by atoms with van der Waals surface area (Å²) in [6.45, 7) is 2.00. The van der Waals surface area contributed by atoms with E-state index in [9.17, 15) is 0 Å². The second-order valence-corrected chi connectivity index (χ2v) is 3.66. The predicted octanol–water partition coefficient (Wildman–Crippen LogP) is 2.84. The fourth-order valence-electron chi connectivity index (χ4n) is 1.35. The van der Waals surface area contributed by atoms with Crippen molar-refractivity contribution in [3.8, 4) is 11.6 Å². The average molecular weight is 223 g/mol. The molecule has 0 aliphatic carbocycles. The summed E-state index contributed by atoms with van der Waals surface area (Å²) in [4.78, 5) is 0. The number of aryl methyl sites for hydroxylation is 1. The lowest BCUT2D eigenvalue weighted by atomic mass is 10.2. The van der Waals surface area contributed by atoms with Crippen LogP contribution < -0.4 is 4.74 Å². The maximum atomic E-state index is 6.11. The van der Waals surface area contributed by atoms with Crippen LogP contribution in [-0.4, -0.2) is 16.9 Å². The van der Waals surface area contributed by atoms with Gasteiger partial charge in [0, 0.05) is 12.3 Å². The van der Waals surface area contributed by atoms with Gasteiger partial charge in [0.05, 0.1) is 17.8 Å². The van der Waals surface area contributed by atoms with Crippen molar-refractivity contribution in [1.29, 1.82) is 0 Å². The van der Waals surface area contributed by atoms with E-state index < -0.39 is 0 Å².